The van der Waals surface area contributed by atoms with Gasteiger partial charge in [-0.2, -0.15) is 0 Å². The van der Waals surface area contributed by atoms with Gasteiger partial charge < -0.3 is 19.9 Å². The van der Waals surface area contributed by atoms with Gasteiger partial charge in [-0.25, -0.2) is 9.97 Å². The fourth-order valence-electron chi connectivity index (χ4n) is 4.45. The van der Waals surface area contributed by atoms with Gasteiger partial charge in [-0.15, -0.1) is 0 Å². The molecule has 2 aliphatic heterocycles. The lowest BCUT2D eigenvalue weighted by molar-refractivity contribution is 0.0958. The number of pyridine rings is 3. The molecule has 0 aliphatic carbocycles. The number of carbonyl (C=O) groups is 1. The second-order valence-corrected chi connectivity index (χ2v) is 8.36. The molecule has 0 bridgehead atoms. The Bertz CT molecular complexity index is 1220. The second kappa shape index (κ2) is 8.23. The number of aromatic nitrogens is 3. The summed E-state index contributed by atoms with van der Waals surface area (Å²) in [7, 11) is 1.60. The highest BCUT2D eigenvalue weighted by Crippen LogP contribution is 2.28. The highest BCUT2D eigenvalue weighted by Gasteiger charge is 2.30. The van der Waals surface area contributed by atoms with E-state index in [9.17, 15) is 9.59 Å². The van der Waals surface area contributed by atoms with Crippen molar-refractivity contribution in [2.75, 3.05) is 38.2 Å². The van der Waals surface area contributed by atoms with E-state index < -0.39 is 0 Å². The van der Waals surface area contributed by atoms with E-state index in [2.05, 4.69) is 30.1 Å². The van der Waals surface area contributed by atoms with E-state index in [4.69, 9.17) is 4.74 Å². The molecule has 0 spiro atoms. The van der Waals surface area contributed by atoms with Crippen LogP contribution in [0, 0.1) is 6.92 Å². The number of hydrogen-bond donors (Lipinski definition) is 2. The number of carbonyl (C=O) groups excluding carboxylic acids is 1. The van der Waals surface area contributed by atoms with E-state index in [0.29, 0.717) is 29.8 Å². The summed E-state index contributed by atoms with van der Waals surface area (Å²) in [6, 6.07) is 7.84. The molecule has 2 aliphatic rings. The Kier molecular flexibility index (Phi) is 5.26. The molecule has 3 aromatic heterocycles. The van der Waals surface area contributed by atoms with Crippen LogP contribution in [0.1, 0.15) is 28.0 Å². The van der Waals surface area contributed by atoms with Crippen LogP contribution in [0.4, 0.5) is 5.69 Å². The van der Waals surface area contributed by atoms with Gasteiger partial charge in [0.25, 0.3) is 11.5 Å². The monoisotopic (exact) mass is 434 g/mol. The normalized spacial score (nSPS) is 18.8. The number of fused-ring (bicyclic) bond motifs is 3. The third-order valence-corrected chi connectivity index (χ3v) is 6.29. The van der Waals surface area contributed by atoms with Crippen molar-refractivity contribution in [2.24, 2.45) is 0 Å². The lowest BCUT2D eigenvalue weighted by atomic mass is 10.1. The van der Waals surface area contributed by atoms with Crippen LogP contribution in [-0.4, -0.2) is 65.1 Å². The van der Waals surface area contributed by atoms with Crippen molar-refractivity contribution in [3.8, 4) is 5.88 Å². The lowest BCUT2D eigenvalue weighted by Gasteiger charge is -2.43. The molecular weight excluding hydrogens is 408 g/mol. The molecule has 1 fully saturated rings. The van der Waals surface area contributed by atoms with Gasteiger partial charge in [0, 0.05) is 50.4 Å². The van der Waals surface area contributed by atoms with Crippen LogP contribution in [0.2, 0.25) is 0 Å². The van der Waals surface area contributed by atoms with Crippen molar-refractivity contribution in [3.05, 3.63) is 57.6 Å². The SMILES string of the molecule is CNC(=O)c1ccc(N2CCN3Cc4cc5[nH]c(=O)c(C)cc5nc4OCCC3C2)cn1. The third kappa shape index (κ3) is 3.80. The molecule has 9 heteroatoms. The Morgan fingerprint density at radius 2 is 2.16 bits per heavy atom. The highest BCUT2D eigenvalue weighted by molar-refractivity contribution is 5.92. The van der Waals surface area contributed by atoms with Crippen molar-refractivity contribution < 1.29 is 9.53 Å². The molecule has 0 radical (unpaired) electrons. The van der Waals surface area contributed by atoms with Crippen molar-refractivity contribution >= 4 is 22.6 Å². The van der Waals surface area contributed by atoms with Crippen LogP contribution in [0.25, 0.3) is 11.0 Å². The van der Waals surface area contributed by atoms with Gasteiger partial charge >= 0.3 is 0 Å². The zero-order valence-corrected chi connectivity index (χ0v) is 18.2. The number of nitrogens with zero attached hydrogens (tertiary/aromatic N) is 4. The van der Waals surface area contributed by atoms with Gasteiger partial charge in [0.05, 0.1) is 29.5 Å². The van der Waals surface area contributed by atoms with Crippen molar-refractivity contribution in [1.29, 1.82) is 0 Å². The number of hydrogen-bond acceptors (Lipinski definition) is 7. The molecule has 1 atom stereocenters. The Hall–Kier alpha value is -3.46. The first kappa shape index (κ1) is 20.4. The van der Waals surface area contributed by atoms with E-state index >= 15 is 0 Å². The molecule has 2 N–H and O–H groups in total. The van der Waals surface area contributed by atoms with Gasteiger partial charge in [-0.1, -0.05) is 0 Å². The topological polar surface area (TPSA) is 103 Å². The molecule has 32 heavy (non-hydrogen) atoms. The van der Waals surface area contributed by atoms with Crippen LogP contribution in [0.15, 0.2) is 35.3 Å². The molecule has 0 saturated carbocycles. The predicted molar refractivity (Wildman–Crippen MR) is 121 cm³/mol. The summed E-state index contributed by atoms with van der Waals surface area (Å²) in [6.07, 6.45) is 2.66. The third-order valence-electron chi connectivity index (χ3n) is 6.29. The molecule has 9 nitrogen and oxygen atoms in total. The summed E-state index contributed by atoms with van der Waals surface area (Å²) in [5.74, 6) is 0.466. The minimum atomic E-state index is -0.185. The second-order valence-electron chi connectivity index (χ2n) is 8.36. The van der Waals surface area contributed by atoms with Gasteiger partial charge in [-0.05, 0) is 37.6 Å². The summed E-state index contributed by atoms with van der Waals surface area (Å²) in [6.45, 7) is 5.70. The van der Waals surface area contributed by atoms with Crippen LogP contribution >= 0.6 is 0 Å². The average Bonchev–Trinajstić information content (AvgIpc) is 2.79. The van der Waals surface area contributed by atoms with Crippen LogP contribution in [0.3, 0.4) is 0 Å². The molecule has 1 amide bonds. The average molecular weight is 435 g/mol. The largest absolute Gasteiger partial charge is 0.477 e. The Balaban J connectivity index is 1.36. The summed E-state index contributed by atoms with van der Waals surface area (Å²) in [4.78, 5) is 40.5. The maximum Gasteiger partial charge on any atom is 0.269 e. The molecule has 0 aromatic carbocycles. The first-order valence-electron chi connectivity index (χ1n) is 10.9. The number of amides is 1. The van der Waals surface area contributed by atoms with Gasteiger partial charge in [0.15, 0.2) is 0 Å². The molecule has 3 aromatic rings. The maximum absolute atomic E-state index is 12.0. The van der Waals surface area contributed by atoms with Gasteiger partial charge in [0.1, 0.15) is 5.69 Å². The van der Waals surface area contributed by atoms with Crippen molar-refractivity contribution in [1.82, 2.24) is 25.2 Å². The van der Waals surface area contributed by atoms with Crippen LogP contribution < -0.4 is 20.5 Å². The maximum atomic E-state index is 12.0. The zero-order chi connectivity index (χ0) is 22.2. The van der Waals surface area contributed by atoms with E-state index in [0.717, 1.165) is 54.9 Å². The molecule has 5 heterocycles. The minimum Gasteiger partial charge on any atom is -0.477 e. The minimum absolute atomic E-state index is 0.0893. The quantitative estimate of drug-likeness (QED) is 0.629. The smallest absolute Gasteiger partial charge is 0.269 e. The number of aryl methyl sites for hydroxylation is 1. The van der Waals surface area contributed by atoms with E-state index in [1.807, 2.05) is 18.2 Å². The number of rotatable bonds is 2. The van der Waals surface area contributed by atoms with Gasteiger partial charge in [0.2, 0.25) is 5.88 Å². The van der Waals surface area contributed by atoms with Crippen LogP contribution in [-0.2, 0) is 6.54 Å². The first-order chi connectivity index (χ1) is 15.5. The fourth-order valence-corrected chi connectivity index (χ4v) is 4.45. The van der Waals surface area contributed by atoms with Crippen molar-refractivity contribution in [3.63, 3.8) is 0 Å². The Labute approximate surface area is 185 Å². The Morgan fingerprint density at radius 1 is 1.28 bits per heavy atom. The summed E-state index contributed by atoms with van der Waals surface area (Å²) in [5, 5.41) is 2.60. The number of anilines is 1. The first-order valence-corrected chi connectivity index (χ1v) is 10.9. The zero-order valence-electron chi connectivity index (χ0n) is 18.2. The standard InChI is InChI=1S/C23H26N6O3/c1-14-9-19-20(26-21(14)30)10-15-12-28-6-7-29(13-17(28)5-8-32-23(15)27-19)16-3-4-18(25-11-16)22(31)24-2/h3-4,9-11,17H,5-8,12-13H2,1-2H3,(H,24,31)(H,26,30). The number of ether oxygens (including phenoxy) is 1. The number of H-pyrrole nitrogens is 1. The van der Waals surface area contributed by atoms with E-state index in [1.165, 1.54) is 0 Å². The molecule has 1 unspecified atom stereocenters. The number of nitrogens with one attached hydrogen (secondary N) is 2. The molecular formula is C23H26N6O3. The molecule has 1 saturated heterocycles. The summed E-state index contributed by atoms with van der Waals surface area (Å²) in [5.41, 5.74) is 4.46. The molecule has 5 rings (SSSR count). The summed E-state index contributed by atoms with van der Waals surface area (Å²) >= 11 is 0. The highest BCUT2D eigenvalue weighted by atomic mass is 16.5. The van der Waals surface area contributed by atoms with Gasteiger partial charge in [-0.3, -0.25) is 14.5 Å². The molecule has 166 valence electrons. The lowest BCUT2D eigenvalue weighted by Crippen LogP contribution is -2.53. The predicted octanol–water partition coefficient (Wildman–Crippen LogP) is 1.46. The number of aromatic amines is 1. The van der Waals surface area contributed by atoms with E-state index in [1.54, 1.807) is 26.2 Å². The van der Waals surface area contributed by atoms with E-state index in [-0.39, 0.29) is 11.5 Å². The van der Waals surface area contributed by atoms with Crippen LogP contribution in [0.5, 0.6) is 5.88 Å². The Morgan fingerprint density at radius 3 is 2.94 bits per heavy atom. The number of piperazine rings is 1. The fraction of sp³-hybridized carbons (Fsp3) is 0.391. The van der Waals surface area contributed by atoms with Crippen molar-refractivity contribution in [2.45, 2.75) is 25.9 Å². The summed E-state index contributed by atoms with van der Waals surface area (Å²) < 4.78 is 6.05.